The molecular formula is C14H21NO. The van der Waals surface area contributed by atoms with Crippen LogP contribution in [0.15, 0.2) is 24.3 Å². The van der Waals surface area contributed by atoms with Gasteiger partial charge in [-0.3, -0.25) is 0 Å². The molecule has 0 radical (unpaired) electrons. The molecule has 0 bridgehead atoms. The van der Waals surface area contributed by atoms with Crippen LogP contribution in [-0.2, 0) is 0 Å². The van der Waals surface area contributed by atoms with Gasteiger partial charge in [0.05, 0.1) is 5.60 Å². The molecule has 1 saturated carbocycles. The van der Waals surface area contributed by atoms with Crippen LogP contribution in [0.5, 0.6) is 0 Å². The van der Waals surface area contributed by atoms with Gasteiger partial charge in [0.2, 0.25) is 0 Å². The van der Waals surface area contributed by atoms with Gasteiger partial charge in [-0.2, -0.15) is 0 Å². The van der Waals surface area contributed by atoms with Gasteiger partial charge in [-0.15, -0.1) is 0 Å². The van der Waals surface area contributed by atoms with Crippen LogP contribution in [0.25, 0.3) is 0 Å². The molecule has 0 unspecified atom stereocenters. The van der Waals surface area contributed by atoms with Crippen molar-refractivity contribution in [3.05, 3.63) is 29.8 Å². The Bertz CT molecular complexity index is 358. The van der Waals surface area contributed by atoms with Gasteiger partial charge in [-0.05, 0) is 44.7 Å². The second-order valence-electron chi connectivity index (χ2n) is 4.88. The Morgan fingerprint density at radius 1 is 1.31 bits per heavy atom. The second-order valence-corrected chi connectivity index (χ2v) is 4.88. The van der Waals surface area contributed by atoms with E-state index in [0.29, 0.717) is 0 Å². The van der Waals surface area contributed by atoms with Crippen molar-refractivity contribution in [3.8, 4) is 0 Å². The SMILES string of the molecule is CCN(CC1(O)CCC1)c1ccccc1C. The average molecular weight is 219 g/mol. The lowest BCUT2D eigenvalue weighted by Gasteiger charge is -2.41. The van der Waals surface area contributed by atoms with Gasteiger partial charge in [0.15, 0.2) is 0 Å². The molecule has 2 rings (SSSR count). The van der Waals surface area contributed by atoms with Crippen LogP contribution in [0.4, 0.5) is 5.69 Å². The quantitative estimate of drug-likeness (QED) is 0.841. The van der Waals surface area contributed by atoms with Gasteiger partial charge in [-0.1, -0.05) is 18.2 Å². The molecule has 88 valence electrons. The molecule has 16 heavy (non-hydrogen) atoms. The third kappa shape index (κ3) is 2.22. The zero-order chi connectivity index (χ0) is 11.6. The van der Waals surface area contributed by atoms with Crippen molar-refractivity contribution in [1.29, 1.82) is 0 Å². The minimum Gasteiger partial charge on any atom is -0.388 e. The van der Waals surface area contributed by atoms with Gasteiger partial charge < -0.3 is 10.0 Å². The molecule has 2 heteroatoms. The van der Waals surface area contributed by atoms with Crippen molar-refractivity contribution < 1.29 is 5.11 Å². The summed E-state index contributed by atoms with van der Waals surface area (Å²) < 4.78 is 0. The number of hydrogen-bond donors (Lipinski definition) is 1. The van der Waals surface area contributed by atoms with Crippen LogP contribution >= 0.6 is 0 Å². The second kappa shape index (κ2) is 4.46. The topological polar surface area (TPSA) is 23.5 Å². The Hall–Kier alpha value is -1.02. The van der Waals surface area contributed by atoms with E-state index < -0.39 is 5.60 Å². The fourth-order valence-electron chi connectivity index (χ4n) is 2.38. The molecule has 1 aliphatic rings. The Balaban J connectivity index is 2.13. The van der Waals surface area contributed by atoms with Crippen molar-refractivity contribution in [2.75, 3.05) is 18.0 Å². The Morgan fingerprint density at radius 3 is 2.50 bits per heavy atom. The van der Waals surface area contributed by atoms with Crippen LogP contribution < -0.4 is 4.90 Å². The molecule has 0 atom stereocenters. The zero-order valence-electron chi connectivity index (χ0n) is 10.2. The van der Waals surface area contributed by atoms with Crippen molar-refractivity contribution >= 4 is 5.69 Å². The van der Waals surface area contributed by atoms with E-state index in [4.69, 9.17) is 0 Å². The van der Waals surface area contributed by atoms with Gasteiger partial charge in [0.1, 0.15) is 0 Å². The van der Waals surface area contributed by atoms with E-state index in [9.17, 15) is 5.11 Å². The number of anilines is 1. The number of para-hydroxylation sites is 1. The molecule has 2 nitrogen and oxygen atoms in total. The fourth-order valence-corrected chi connectivity index (χ4v) is 2.38. The van der Waals surface area contributed by atoms with E-state index in [1.165, 1.54) is 17.7 Å². The third-order valence-electron chi connectivity index (χ3n) is 3.61. The molecule has 0 spiro atoms. The normalized spacial score (nSPS) is 17.9. The monoisotopic (exact) mass is 219 g/mol. The average Bonchev–Trinajstić information content (AvgIpc) is 2.25. The maximum atomic E-state index is 10.2. The summed E-state index contributed by atoms with van der Waals surface area (Å²) in [5, 5.41) is 10.2. The number of aliphatic hydroxyl groups is 1. The van der Waals surface area contributed by atoms with Crippen LogP contribution in [0.1, 0.15) is 31.7 Å². The summed E-state index contributed by atoms with van der Waals surface area (Å²) in [5.41, 5.74) is 2.11. The van der Waals surface area contributed by atoms with E-state index in [-0.39, 0.29) is 0 Å². The largest absolute Gasteiger partial charge is 0.388 e. The van der Waals surface area contributed by atoms with E-state index in [0.717, 1.165) is 25.9 Å². The smallest absolute Gasteiger partial charge is 0.0821 e. The first-order valence-electron chi connectivity index (χ1n) is 6.17. The number of rotatable bonds is 4. The van der Waals surface area contributed by atoms with Crippen LogP contribution in [0.2, 0.25) is 0 Å². The first kappa shape index (κ1) is 11.5. The van der Waals surface area contributed by atoms with Crippen molar-refractivity contribution in [2.45, 2.75) is 38.7 Å². The molecule has 0 aliphatic heterocycles. The number of likely N-dealkylation sites (N-methyl/N-ethyl adjacent to an activating group) is 1. The summed E-state index contributed by atoms with van der Waals surface area (Å²) in [6.45, 7) is 6.00. The number of benzene rings is 1. The maximum absolute atomic E-state index is 10.2. The molecule has 1 aromatic rings. The van der Waals surface area contributed by atoms with Gasteiger partial charge in [-0.25, -0.2) is 0 Å². The van der Waals surface area contributed by atoms with Gasteiger partial charge >= 0.3 is 0 Å². The molecule has 1 fully saturated rings. The van der Waals surface area contributed by atoms with Crippen LogP contribution in [0, 0.1) is 6.92 Å². The van der Waals surface area contributed by atoms with E-state index in [2.05, 4.69) is 43.0 Å². The predicted octanol–water partition coefficient (Wildman–Crippen LogP) is 2.74. The summed E-state index contributed by atoms with van der Waals surface area (Å²) in [5.74, 6) is 0. The summed E-state index contributed by atoms with van der Waals surface area (Å²) in [7, 11) is 0. The molecule has 0 amide bonds. The highest BCUT2D eigenvalue weighted by atomic mass is 16.3. The summed E-state index contributed by atoms with van der Waals surface area (Å²) in [4.78, 5) is 2.29. The lowest BCUT2D eigenvalue weighted by molar-refractivity contribution is -0.0254. The first-order chi connectivity index (χ1) is 7.64. The van der Waals surface area contributed by atoms with Crippen molar-refractivity contribution in [2.24, 2.45) is 0 Å². The standard InChI is InChI=1S/C14H21NO/c1-3-15(11-14(16)9-6-10-14)13-8-5-4-7-12(13)2/h4-5,7-8,16H,3,6,9-11H2,1-2H3. The van der Waals surface area contributed by atoms with Crippen molar-refractivity contribution in [1.82, 2.24) is 0 Å². The lowest BCUT2D eigenvalue weighted by Crippen LogP contribution is -2.48. The van der Waals surface area contributed by atoms with Gasteiger partial charge in [0.25, 0.3) is 0 Å². The van der Waals surface area contributed by atoms with Crippen molar-refractivity contribution in [3.63, 3.8) is 0 Å². The van der Waals surface area contributed by atoms with Gasteiger partial charge in [0, 0.05) is 18.8 Å². The minimum atomic E-state index is -0.432. The maximum Gasteiger partial charge on any atom is 0.0821 e. The van der Waals surface area contributed by atoms with E-state index in [1.54, 1.807) is 0 Å². The first-order valence-corrected chi connectivity index (χ1v) is 6.17. The predicted molar refractivity (Wildman–Crippen MR) is 67.9 cm³/mol. The molecule has 0 aromatic heterocycles. The molecule has 1 aromatic carbocycles. The highest BCUT2D eigenvalue weighted by molar-refractivity contribution is 5.53. The molecule has 1 N–H and O–H groups in total. The Labute approximate surface area is 97.9 Å². The van der Waals surface area contributed by atoms with E-state index in [1.807, 2.05) is 0 Å². The molecule has 1 aliphatic carbocycles. The number of aryl methyl sites for hydroxylation is 1. The molecule has 0 saturated heterocycles. The highest BCUT2D eigenvalue weighted by Gasteiger charge is 2.36. The zero-order valence-corrected chi connectivity index (χ0v) is 10.2. The van der Waals surface area contributed by atoms with Crippen LogP contribution in [0.3, 0.4) is 0 Å². The number of hydrogen-bond acceptors (Lipinski definition) is 2. The third-order valence-corrected chi connectivity index (χ3v) is 3.61. The lowest BCUT2D eigenvalue weighted by atomic mass is 9.80. The molecular weight excluding hydrogens is 198 g/mol. The number of nitrogens with zero attached hydrogens (tertiary/aromatic N) is 1. The van der Waals surface area contributed by atoms with Crippen LogP contribution in [-0.4, -0.2) is 23.8 Å². The minimum absolute atomic E-state index is 0.432. The molecule has 0 heterocycles. The summed E-state index contributed by atoms with van der Waals surface area (Å²) in [6, 6.07) is 8.39. The summed E-state index contributed by atoms with van der Waals surface area (Å²) in [6.07, 6.45) is 3.08. The van der Waals surface area contributed by atoms with E-state index >= 15 is 0 Å². The Morgan fingerprint density at radius 2 is 2.00 bits per heavy atom. The Kier molecular flexibility index (Phi) is 3.20. The highest BCUT2D eigenvalue weighted by Crippen LogP contribution is 2.34. The summed E-state index contributed by atoms with van der Waals surface area (Å²) >= 11 is 0. The fraction of sp³-hybridized carbons (Fsp3) is 0.571.